The molecular weight excluding hydrogens is 238 g/mol. The van der Waals surface area contributed by atoms with E-state index in [0.717, 1.165) is 3.87 Å². The molecule has 0 aliphatic heterocycles. The molecule has 0 bridgehead atoms. The van der Waals surface area contributed by atoms with Gasteiger partial charge in [-0.3, -0.25) is 0 Å². The van der Waals surface area contributed by atoms with Crippen LogP contribution in [0.15, 0.2) is 24.3 Å². The van der Waals surface area contributed by atoms with E-state index < -0.39 is 13.4 Å². The summed E-state index contributed by atoms with van der Waals surface area (Å²) in [5, 5.41) is 0. The molecule has 11 heavy (non-hydrogen) atoms. The number of halogens is 3. The monoisotopic (exact) mass is 244 g/mol. The van der Waals surface area contributed by atoms with Gasteiger partial charge in [-0.2, -0.15) is 0 Å². The van der Waals surface area contributed by atoms with Crippen molar-refractivity contribution >= 4 is 31.8 Å². The van der Waals surface area contributed by atoms with Crippen molar-refractivity contribution in [3.63, 3.8) is 0 Å². The van der Waals surface area contributed by atoms with Crippen molar-refractivity contribution in [1.82, 2.24) is 0 Å². The normalized spacial score (nSPS) is 11.6. The van der Waals surface area contributed by atoms with E-state index in [9.17, 15) is 0 Å². The molecule has 0 aromatic heterocycles. The number of benzene rings is 1. The molecule has 1 aromatic carbocycles. The number of hydrogen-bond acceptors (Lipinski definition) is 0. The van der Waals surface area contributed by atoms with E-state index in [4.69, 9.17) is 27.9 Å². The fraction of sp³-hybridized carbons (Fsp3) is 0.143. The Labute approximate surface area is 81.4 Å². The Morgan fingerprint density at radius 1 is 1.00 bits per heavy atom. The van der Waals surface area contributed by atoms with E-state index in [1.165, 1.54) is 5.56 Å². The molecule has 0 fully saturated rings. The van der Waals surface area contributed by atoms with Crippen molar-refractivity contribution in [1.29, 1.82) is 0 Å². The zero-order valence-electron chi connectivity index (χ0n) is 5.94. The van der Waals surface area contributed by atoms with Gasteiger partial charge in [0.2, 0.25) is 0 Å². The first kappa shape index (κ1) is 9.89. The molecule has 0 unspecified atom stereocenters. The first-order valence-electron chi connectivity index (χ1n) is 3.14. The zero-order valence-corrected chi connectivity index (χ0v) is 9.77. The van der Waals surface area contributed by atoms with Crippen LogP contribution >= 0.6 is 27.9 Å². The molecule has 0 amide bonds. The van der Waals surface area contributed by atoms with E-state index >= 15 is 0 Å². The molecule has 0 nitrogen and oxygen atoms in total. The van der Waals surface area contributed by atoms with Crippen molar-refractivity contribution < 1.29 is 13.4 Å². The summed E-state index contributed by atoms with van der Waals surface area (Å²) in [7, 11) is 17.5. The fourth-order valence-electron chi connectivity index (χ4n) is 0.743. The Morgan fingerprint density at radius 3 is 1.82 bits per heavy atom. The van der Waals surface area contributed by atoms with E-state index in [2.05, 4.69) is 0 Å². The quantitative estimate of drug-likeness (QED) is 0.666. The molecule has 0 spiro atoms. The summed E-state index contributed by atoms with van der Waals surface area (Å²) in [4.78, 5) is 0. The van der Waals surface area contributed by atoms with Crippen molar-refractivity contribution in [2.24, 2.45) is 0 Å². The topological polar surface area (TPSA) is 0 Å². The van der Waals surface area contributed by atoms with Crippen LogP contribution in [-0.4, -0.2) is 0 Å². The van der Waals surface area contributed by atoms with Gasteiger partial charge >= 0.3 is 81.9 Å². The van der Waals surface area contributed by atoms with E-state index in [1.807, 2.05) is 31.2 Å². The minimum atomic E-state index is -3.11. The average Bonchev–Trinajstić information content (AvgIpc) is 1.86. The molecule has 1 aromatic rings. The zero-order chi connectivity index (χ0) is 8.48. The molecule has 0 aliphatic rings. The fourth-order valence-corrected chi connectivity index (χ4v) is 3.15. The summed E-state index contributed by atoms with van der Waals surface area (Å²) < 4.78 is 0.889. The van der Waals surface area contributed by atoms with Crippen LogP contribution in [0, 0.1) is 6.92 Å². The summed E-state index contributed by atoms with van der Waals surface area (Å²) >= 11 is -3.11. The molecule has 60 valence electrons. The predicted molar refractivity (Wildman–Crippen MR) is 48.4 cm³/mol. The number of hydrogen-bond donors (Lipinski definition) is 0. The summed E-state index contributed by atoms with van der Waals surface area (Å²) in [6, 6.07) is 7.70. The van der Waals surface area contributed by atoms with Crippen LogP contribution in [0.3, 0.4) is 0 Å². The average molecular weight is 245 g/mol. The van der Waals surface area contributed by atoms with Crippen LogP contribution < -0.4 is 3.87 Å². The Hall–Kier alpha value is 0.804. The van der Waals surface area contributed by atoms with Crippen LogP contribution in [-0.2, 0) is 13.4 Å². The Bertz CT molecular complexity index is 237. The SMILES string of the molecule is Cc1cc[c]([Ti]([Cl])([Cl])[Cl])cc1. The van der Waals surface area contributed by atoms with Gasteiger partial charge in [-0.05, 0) is 0 Å². The maximum absolute atomic E-state index is 5.83. The molecule has 0 N–H and O–H groups in total. The van der Waals surface area contributed by atoms with Crippen LogP contribution in [0.25, 0.3) is 0 Å². The Morgan fingerprint density at radius 2 is 1.45 bits per heavy atom. The standard InChI is InChI=1S/C7H7.3ClH.Ti/c1-7-5-3-2-4-6-7;;;;/h3-6H,1H3;3*1H;/q;;;;+3/p-3. The molecule has 1 rings (SSSR count). The van der Waals surface area contributed by atoms with Gasteiger partial charge in [-0.1, -0.05) is 0 Å². The summed E-state index contributed by atoms with van der Waals surface area (Å²) in [5.74, 6) is 0. The van der Waals surface area contributed by atoms with Crippen molar-refractivity contribution in [2.75, 3.05) is 0 Å². The molecule has 0 saturated carbocycles. The van der Waals surface area contributed by atoms with Crippen LogP contribution in [0.5, 0.6) is 0 Å². The van der Waals surface area contributed by atoms with Crippen LogP contribution in [0.4, 0.5) is 0 Å². The second kappa shape index (κ2) is 3.68. The van der Waals surface area contributed by atoms with Gasteiger partial charge in [0, 0.05) is 0 Å². The third-order valence-electron chi connectivity index (χ3n) is 1.38. The first-order chi connectivity index (χ1) is 5.00. The molecule has 0 radical (unpaired) electrons. The van der Waals surface area contributed by atoms with Crippen molar-refractivity contribution in [3.8, 4) is 0 Å². The van der Waals surface area contributed by atoms with Gasteiger partial charge in [0.05, 0.1) is 0 Å². The summed E-state index contributed by atoms with van der Waals surface area (Å²) in [6.45, 7) is 2.01. The van der Waals surface area contributed by atoms with Gasteiger partial charge in [0.25, 0.3) is 0 Å². The van der Waals surface area contributed by atoms with Gasteiger partial charge in [0.15, 0.2) is 0 Å². The third-order valence-corrected chi connectivity index (χ3v) is 5.62. The van der Waals surface area contributed by atoms with Crippen LogP contribution in [0.2, 0.25) is 0 Å². The Kier molecular flexibility index (Phi) is 3.31. The predicted octanol–water partition coefficient (Wildman–Crippen LogP) is 3.24. The van der Waals surface area contributed by atoms with Crippen LogP contribution in [0.1, 0.15) is 5.56 Å². The number of aryl methyl sites for hydroxylation is 1. The Balaban J connectivity index is 2.99. The third kappa shape index (κ3) is 2.97. The molecule has 0 aliphatic carbocycles. The molecule has 0 heterocycles. The van der Waals surface area contributed by atoms with Gasteiger partial charge in [-0.25, -0.2) is 0 Å². The van der Waals surface area contributed by atoms with E-state index in [0.29, 0.717) is 0 Å². The number of rotatable bonds is 1. The second-order valence-corrected chi connectivity index (χ2v) is 14.2. The van der Waals surface area contributed by atoms with Crippen molar-refractivity contribution in [2.45, 2.75) is 6.92 Å². The van der Waals surface area contributed by atoms with Gasteiger partial charge in [-0.15, -0.1) is 0 Å². The second-order valence-electron chi connectivity index (χ2n) is 2.36. The summed E-state index contributed by atoms with van der Waals surface area (Å²) in [5.41, 5.74) is 1.19. The molecular formula is C7H7Cl3Ti. The van der Waals surface area contributed by atoms with Gasteiger partial charge in [0.1, 0.15) is 0 Å². The maximum atomic E-state index is 5.83. The minimum absolute atomic E-state index is 0.889. The van der Waals surface area contributed by atoms with E-state index in [-0.39, 0.29) is 0 Å². The summed E-state index contributed by atoms with van der Waals surface area (Å²) in [6.07, 6.45) is 0. The van der Waals surface area contributed by atoms with Gasteiger partial charge < -0.3 is 0 Å². The molecule has 0 atom stereocenters. The van der Waals surface area contributed by atoms with E-state index in [1.54, 1.807) is 0 Å². The molecule has 0 saturated heterocycles. The molecule has 4 heteroatoms. The van der Waals surface area contributed by atoms with Crippen molar-refractivity contribution in [3.05, 3.63) is 29.8 Å². The first-order valence-corrected chi connectivity index (χ1v) is 10.4.